The number of hydrazine groups is 1. The number of nitrogens with two attached hydrogens (primary N) is 2. The number of aliphatic imine (C=N–C) groups is 1. The van der Waals surface area contributed by atoms with Gasteiger partial charge in [-0.1, -0.05) is 26.5 Å². The summed E-state index contributed by atoms with van der Waals surface area (Å²) in [6.45, 7) is 9.89. The first-order valence-electron chi connectivity index (χ1n) is 10.6. The van der Waals surface area contributed by atoms with Crippen LogP contribution in [0.15, 0.2) is 70.8 Å². The van der Waals surface area contributed by atoms with Crippen LogP contribution in [0, 0.1) is 5.92 Å². The molecule has 3 heterocycles. The molecule has 1 aromatic rings. The molecule has 9 nitrogen and oxygen atoms in total. The van der Waals surface area contributed by atoms with E-state index in [1.165, 1.54) is 5.57 Å². The fraction of sp³-hybridized carbons (Fsp3) is 0.304. The number of rotatable bonds is 9. The number of anilines is 2. The minimum Gasteiger partial charge on any atom is -0.397 e. The molecular weight excluding hydrogens is 402 g/mol. The van der Waals surface area contributed by atoms with E-state index in [9.17, 15) is 0 Å². The maximum Gasteiger partial charge on any atom is 0.132 e. The van der Waals surface area contributed by atoms with E-state index >= 15 is 0 Å². The fourth-order valence-corrected chi connectivity index (χ4v) is 3.13. The highest BCUT2D eigenvalue weighted by molar-refractivity contribution is 6.03. The molecule has 9 N–H and O–H groups in total. The smallest absolute Gasteiger partial charge is 0.132 e. The van der Waals surface area contributed by atoms with Crippen molar-refractivity contribution in [2.75, 3.05) is 31.2 Å². The van der Waals surface area contributed by atoms with Crippen molar-refractivity contribution < 1.29 is 0 Å². The molecule has 0 saturated carbocycles. The zero-order chi connectivity index (χ0) is 23.1. The highest BCUT2D eigenvalue weighted by Crippen LogP contribution is 2.22. The lowest BCUT2D eigenvalue weighted by Gasteiger charge is -2.24. The minimum atomic E-state index is 0.187. The molecule has 0 bridgehead atoms. The Balaban J connectivity index is 1.88. The second-order valence-electron chi connectivity index (χ2n) is 7.90. The van der Waals surface area contributed by atoms with E-state index in [0.717, 1.165) is 30.1 Å². The number of pyridine rings is 1. The van der Waals surface area contributed by atoms with Crippen LogP contribution in [-0.4, -0.2) is 37.0 Å². The summed E-state index contributed by atoms with van der Waals surface area (Å²) in [4.78, 5) is 9.28. The highest BCUT2D eigenvalue weighted by Gasteiger charge is 2.18. The van der Waals surface area contributed by atoms with E-state index in [1.54, 1.807) is 12.3 Å². The lowest BCUT2D eigenvalue weighted by Crippen LogP contribution is -2.46. The van der Waals surface area contributed by atoms with Gasteiger partial charge in [-0.15, -0.1) is 0 Å². The van der Waals surface area contributed by atoms with E-state index in [-0.39, 0.29) is 6.04 Å². The molecular formula is C23H33N9. The van der Waals surface area contributed by atoms with Crippen LogP contribution in [0.25, 0.3) is 6.08 Å². The number of hydrogen-bond acceptors (Lipinski definition) is 8. The maximum absolute atomic E-state index is 6.31. The monoisotopic (exact) mass is 435 g/mol. The van der Waals surface area contributed by atoms with Crippen molar-refractivity contribution >= 4 is 23.4 Å². The van der Waals surface area contributed by atoms with E-state index in [2.05, 4.69) is 57.2 Å². The molecule has 170 valence electrons. The van der Waals surface area contributed by atoms with Crippen LogP contribution in [0.3, 0.4) is 0 Å². The topological polar surface area (TPSA) is 137 Å². The van der Waals surface area contributed by atoms with Crippen LogP contribution in [0.5, 0.6) is 0 Å². The Morgan fingerprint density at radius 2 is 2.12 bits per heavy atom. The average molecular weight is 436 g/mol. The molecule has 0 aliphatic carbocycles. The van der Waals surface area contributed by atoms with Gasteiger partial charge in [0, 0.05) is 38.1 Å². The third-order valence-corrected chi connectivity index (χ3v) is 5.11. The van der Waals surface area contributed by atoms with Gasteiger partial charge in [-0.3, -0.25) is 10.4 Å². The van der Waals surface area contributed by atoms with Crippen molar-refractivity contribution in [1.82, 2.24) is 26.5 Å². The van der Waals surface area contributed by atoms with Gasteiger partial charge in [0.25, 0.3) is 0 Å². The molecule has 0 atom stereocenters. The molecule has 0 aromatic carbocycles. The Hall–Kier alpha value is -3.72. The number of nitrogens with one attached hydrogen (secondary N) is 5. The molecule has 0 radical (unpaired) electrons. The molecule has 2 aliphatic heterocycles. The Morgan fingerprint density at radius 1 is 1.34 bits per heavy atom. The Bertz CT molecular complexity index is 995. The summed E-state index contributed by atoms with van der Waals surface area (Å²) in [6, 6.07) is 3.84. The predicted molar refractivity (Wildman–Crippen MR) is 133 cm³/mol. The molecule has 0 unspecified atom stereocenters. The van der Waals surface area contributed by atoms with E-state index in [1.807, 2.05) is 37.5 Å². The minimum absolute atomic E-state index is 0.187. The lowest BCUT2D eigenvalue weighted by atomic mass is 10.0. The third kappa shape index (κ3) is 5.70. The third-order valence-electron chi connectivity index (χ3n) is 5.11. The largest absolute Gasteiger partial charge is 0.397 e. The van der Waals surface area contributed by atoms with Crippen molar-refractivity contribution in [2.45, 2.75) is 19.9 Å². The van der Waals surface area contributed by atoms with Gasteiger partial charge >= 0.3 is 0 Å². The lowest BCUT2D eigenvalue weighted by molar-refractivity contribution is 0.448. The molecule has 2 aliphatic rings. The molecule has 1 aromatic heterocycles. The van der Waals surface area contributed by atoms with Crippen molar-refractivity contribution in [2.24, 2.45) is 16.6 Å². The van der Waals surface area contributed by atoms with Crippen molar-refractivity contribution in [3.63, 3.8) is 0 Å². The molecule has 32 heavy (non-hydrogen) atoms. The molecule has 1 fully saturated rings. The number of aromatic nitrogens is 1. The summed E-state index contributed by atoms with van der Waals surface area (Å²) < 4.78 is 0. The Kier molecular flexibility index (Phi) is 7.56. The number of allylic oxidation sites excluding steroid dienone is 3. The summed E-state index contributed by atoms with van der Waals surface area (Å²) in [5.41, 5.74) is 22.5. The van der Waals surface area contributed by atoms with Crippen LogP contribution < -0.4 is 38.3 Å². The summed E-state index contributed by atoms with van der Waals surface area (Å²) in [5, 5.41) is 9.51. The second kappa shape index (κ2) is 10.5. The summed E-state index contributed by atoms with van der Waals surface area (Å²) in [6.07, 6.45) is 9.38. The van der Waals surface area contributed by atoms with Gasteiger partial charge in [0.2, 0.25) is 0 Å². The zero-order valence-corrected chi connectivity index (χ0v) is 18.9. The van der Waals surface area contributed by atoms with Crippen LogP contribution in [-0.2, 0) is 0 Å². The van der Waals surface area contributed by atoms with E-state index in [0.29, 0.717) is 29.0 Å². The Morgan fingerprint density at radius 3 is 2.75 bits per heavy atom. The molecule has 9 heteroatoms. The first-order valence-corrected chi connectivity index (χ1v) is 10.6. The average Bonchev–Trinajstić information content (AvgIpc) is 2.75. The number of hydrogen-bond donors (Lipinski definition) is 7. The van der Waals surface area contributed by atoms with E-state index < -0.39 is 0 Å². The van der Waals surface area contributed by atoms with Gasteiger partial charge in [-0.2, -0.15) is 0 Å². The van der Waals surface area contributed by atoms with Crippen LogP contribution in [0.2, 0.25) is 0 Å². The summed E-state index contributed by atoms with van der Waals surface area (Å²) >= 11 is 0. The number of nitrogen functional groups attached to an aromatic ring is 1. The molecule has 0 spiro atoms. The number of amidine groups is 1. The van der Waals surface area contributed by atoms with Gasteiger partial charge in [-0.05, 0) is 41.3 Å². The van der Waals surface area contributed by atoms with E-state index in [4.69, 9.17) is 11.5 Å². The van der Waals surface area contributed by atoms with Gasteiger partial charge in [-0.25, -0.2) is 4.98 Å². The molecule has 1 saturated heterocycles. The fourth-order valence-electron chi connectivity index (χ4n) is 3.13. The zero-order valence-electron chi connectivity index (χ0n) is 18.9. The van der Waals surface area contributed by atoms with Gasteiger partial charge in [0.1, 0.15) is 17.5 Å². The number of nitrogens with zero attached hydrogens (tertiary/aromatic N) is 2. The van der Waals surface area contributed by atoms with Gasteiger partial charge in [0.15, 0.2) is 0 Å². The molecule has 3 rings (SSSR count). The summed E-state index contributed by atoms with van der Waals surface area (Å²) in [7, 11) is 1.81. The maximum atomic E-state index is 6.31. The van der Waals surface area contributed by atoms with Crippen LogP contribution in [0.1, 0.15) is 19.5 Å². The SMILES string of the molecule is C=CC(=C\c1nc(NC2=CC(C(C)C)=CNN2)ccc1N)/C(=C/NC)C(N)=NC1CNC1. The van der Waals surface area contributed by atoms with Crippen molar-refractivity contribution in [3.05, 3.63) is 71.5 Å². The Labute approximate surface area is 189 Å². The van der Waals surface area contributed by atoms with Crippen molar-refractivity contribution in [3.8, 4) is 0 Å². The van der Waals surface area contributed by atoms with Gasteiger partial charge < -0.3 is 32.8 Å². The standard InChI is InChI=1S/C23H33N9/c1-5-15(18(13-26-4)23(25)29-17-11-27-12-17)8-20-19(24)6-7-21(30-20)31-22-9-16(14(2)3)10-28-32-22/h5-10,13-14,17,26-28,32H,1,11-12,24H2,2-4H3,(H2,25,29)(H,30,31)/b15-8+,18-13-. The van der Waals surface area contributed by atoms with Crippen LogP contribution >= 0.6 is 0 Å². The first kappa shape index (κ1) is 23.0. The first-order chi connectivity index (χ1) is 15.4. The van der Waals surface area contributed by atoms with Crippen molar-refractivity contribution in [1.29, 1.82) is 0 Å². The molecule has 0 amide bonds. The quantitative estimate of drug-likeness (QED) is 0.176. The second-order valence-corrected chi connectivity index (χ2v) is 7.90. The van der Waals surface area contributed by atoms with Gasteiger partial charge in [0.05, 0.1) is 17.4 Å². The van der Waals surface area contributed by atoms with Crippen LogP contribution in [0.4, 0.5) is 11.5 Å². The predicted octanol–water partition coefficient (Wildman–Crippen LogP) is 1.57. The normalized spacial score (nSPS) is 17.6. The summed E-state index contributed by atoms with van der Waals surface area (Å²) in [5.74, 6) is 2.30. The highest BCUT2D eigenvalue weighted by atomic mass is 15.4.